The summed E-state index contributed by atoms with van der Waals surface area (Å²) in [4.78, 5) is 23.4. The average molecular weight is 577 g/mol. The largest absolute Gasteiger partial charge is 0.478 e. The molecule has 2 aliphatic rings. The zero-order chi connectivity index (χ0) is 28.5. The molecule has 41 heavy (non-hydrogen) atoms. The van der Waals surface area contributed by atoms with Crippen LogP contribution in [0, 0.1) is 5.82 Å². The van der Waals surface area contributed by atoms with Crippen LogP contribution in [0.5, 0.6) is 5.88 Å². The molecule has 1 unspecified atom stereocenters. The fourth-order valence-corrected chi connectivity index (χ4v) is 5.44. The van der Waals surface area contributed by atoms with Crippen molar-refractivity contribution in [3.05, 3.63) is 94.2 Å². The van der Waals surface area contributed by atoms with E-state index in [-0.39, 0.29) is 11.7 Å². The Labute approximate surface area is 242 Å². The van der Waals surface area contributed by atoms with Crippen molar-refractivity contribution in [3.63, 3.8) is 0 Å². The van der Waals surface area contributed by atoms with Crippen LogP contribution in [0.3, 0.4) is 0 Å². The van der Waals surface area contributed by atoms with E-state index in [1.807, 2.05) is 12.1 Å². The lowest BCUT2D eigenvalue weighted by atomic mass is 10.0. The van der Waals surface area contributed by atoms with Crippen LogP contribution in [0.2, 0.25) is 5.02 Å². The number of nitrogens with zero attached hydrogens (tertiary/aromatic N) is 4. The number of ether oxygens (including phenoxy) is 2. The van der Waals surface area contributed by atoms with Gasteiger partial charge >= 0.3 is 5.97 Å². The number of carbonyl (C=O) groups is 1. The van der Waals surface area contributed by atoms with Crippen molar-refractivity contribution in [3.8, 4) is 5.88 Å². The highest BCUT2D eigenvalue weighted by molar-refractivity contribution is 6.30. The van der Waals surface area contributed by atoms with E-state index >= 15 is 0 Å². The van der Waals surface area contributed by atoms with Gasteiger partial charge in [-0.1, -0.05) is 29.8 Å². The van der Waals surface area contributed by atoms with E-state index in [0.717, 1.165) is 60.7 Å². The first-order valence-corrected chi connectivity index (χ1v) is 14.1. The molecule has 0 bridgehead atoms. The standard InChI is InChI=1S/C31H30ClFN4O4/c1-19(24-7-6-22(32)16-25(24)33)41-30-4-2-3-26(35-30)20-9-12-36(13-10-20)18-29-34-27-8-5-21(31(38)39)15-28(27)37(29)17-23-11-14-40-23/h2-9,15-16,19,23H,10-14,17-18H2,1H3,(H,38,39)/t19?,23-/m0/s1. The second-order valence-corrected chi connectivity index (χ2v) is 10.9. The lowest BCUT2D eigenvalue weighted by Gasteiger charge is -2.29. The summed E-state index contributed by atoms with van der Waals surface area (Å²) in [6.45, 7) is 5.36. The summed E-state index contributed by atoms with van der Waals surface area (Å²) in [5.41, 5.74) is 4.23. The molecule has 8 nitrogen and oxygen atoms in total. The average Bonchev–Trinajstić information content (AvgIpc) is 3.27. The van der Waals surface area contributed by atoms with Crippen molar-refractivity contribution < 1.29 is 23.8 Å². The number of fused-ring (bicyclic) bond motifs is 1. The van der Waals surface area contributed by atoms with Crippen LogP contribution in [0.1, 0.15) is 53.3 Å². The van der Waals surface area contributed by atoms with Crippen molar-refractivity contribution in [2.75, 3.05) is 19.7 Å². The number of rotatable bonds is 9. The van der Waals surface area contributed by atoms with Gasteiger partial charge in [-0.2, -0.15) is 0 Å². The minimum atomic E-state index is -0.954. The van der Waals surface area contributed by atoms with Crippen molar-refractivity contribution in [1.82, 2.24) is 19.4 Å². The summed E-state index contributed by atoms with van der Waals surface area (Å²) < 4.78 is 28.1. The smallest absolute Gasteiger partial charge is 0.335 e. The number of imidazole rings is 1. The molecule has 4 aromatic rings. The Bertz CT molecular complexity index is 1630. The molecule has 2 atom stereocenters. The van der Waals surface area contributed by atoms with Gasteiger partial charge in [0.25, 0.3) is 0 Å². The molecular weight excluding hydrogens is 547 g/mol. The number of carboxylic acid groups (broad SMARTS) is 1. The number of pyridine rings is 1. The number of hydrogen-bond acceptors (Lipinski definition) is 6. The molecular formula is C31H30ClFN4O4. The molecule has 2 aliphatic heterocycles. The molecule has 2 aromatic heterocycles. The molecule has 1 N–H and O–H groups in total. The van der Waals surface area contributed by atoms with Crippen LogP contribution >= 0.6 is 11.6 Å². The van der Waals surface area contributed by atoms with Gasteiger partial charge in [0.1, 0.15) is 17.7 Å². The fourth-order valence-electron chi connectivity index (χ4n) is 5.28. The summed E-state index contributed by atoms with van der Waals surface area (Å²) in [7, 11) is 0. The van der Waals surface area contributed by atoms with E-state index in [4.69, 9.17) is 31.0 Å². The van der Waals surface area contributed by atoms with Crippen LogP contribution in [-0.4, -0.2) is 56.3 Å². The van der Waals surface area contributed by atoms with Gasteiger partial charge in [0, 0.05) is 36.3 Å². The van der Waals surface area contributed by atoms with Crippen LogP contribution < -0.4 is 4.74 Å². The van der Waals surface area contributed by atoms with E-state index in [0.29, 0.717) is 29.6 Å². The Balaban J connectivity index is 1.16. The van der Waals surface area contributed by atoms with Crippen LogP contribution in [0.25, 0.3) is 16.6 Å². The first kappa shape index (κ1) is 27.4. The molecule has 4 heterocycles. The maximum Gasteiger partial charge on any atom is 0.335 e. The van der Waals surface area contributed by atoms with Gasteiger partial charge in [0.2, 0.25) is 5.88 Å². The number of aromatic carboxylic acids is 1. The molecule has 0 saturated carbocycles. The molecule has 2 aromatic carbocycles. The summed E-state index contributed by atoms with van der Waals surface area (Å²) >= 11 is 5.88. The first-order valence-electron chi connectivity index (χ1n) is 13.7. The normalized spacial score (nSPS) is 18.1. The van der Waals surface area contributed by atoms with Gasteiger partial charge in [-0.15, -0.1) is 0 Å². The highest BCUT2D eigenvalue weighted by atomic mass is 35.5. The monoisotopic (exact) mass is 576 g/mol. The van der Waals surface area contributed by atoms with Gasteiger partial charge < -0.3 is 19.1 Å². The third-order valence-electron chi connectivity index (χ3n) is 7.66. The van der Waals surface area contributed by atoms with Crippen molar-refractivity contribution in [2.45, 2.75) is 45.1 Å². The first-order chi connectivity index (χ1) is 19.8. The number of halogens is 2. The minimum Gasteiger partial charge on any atom is -0.478 e. The summed E-state index contributed by atoms with van der Waals surface area (Å²) in [6, 6.07) is 15.2. The number of aromatic nitrogens is 3. The highest BCUT2D eigenvalue weighted by Crippen LogP contribution is 2.28. The summed E-state index contributed by atoms with van der Waals surface area (Å²) in [5, 5.41) is 9.83. The second kappa shape index (κ2) is 11.6. The Hall–Kier alpha value is -3.79. The van der Waals surface area contributed by atoms with Crippen molar-refractivity contribution >= 4 is 34.2 Å². The molecule has 0 amide bonds. The van der Waals surface area contributed by atoms with E-state index in [2.05, 4.69) is 15.5 Å². The quantitative estimate of drug-likeness (QED) is 0.256. The van der Waals surface area contributed by atoms with Crippen LogP contribution in [0.4, 0.5) is 4.39 Å². The Morgan fingerprint density at radius 2 is 2.07 bits per heavy atom. The van der Waals surface area contributed by atoms with Gasteiger partial charge in [-0.3, -0.25) is 4.90 Å². The van der Waals surface area contributed by atoms with E-state index in [1.165, 1.54) is 6.07 Å². The van der Waals surface area contributed by atoms with Crippen molar-refractivity contribution in [2.24, 2.45) is 0 Å². The lowest BCUT2D eigenvalue weighted by molar-refractivity contribution is -0.0591. The third kappa shape index (κ3) is 5.98. The van der Waals surface area contributed by atoms with Crippen LogP contribution in [0.15, 0.2) is 60.7 Å². The Morgan fingerprint density at radius 1 is 1.22 bits per heavy atom. The third-order valence-corrected chi connectivity index (χ3v) is 7.90. The second-order valence-electron chi connectivity index (χ2n) is 10.4. The zero-order valence-electron chi connectivity index (χ0n) is 22.6. The summed E-state index contributed by atoms with van der Waals surface area (Å²) in [6.07, 6.45) is 3.54. The van der Waals surface area contributed by atoms with Gasteiger partial charge in [0.05, 0.1) is 41.5 Å². The molecule has 1 fully saturated rings. The molecule has 10 heteroatoms. The van der Waals surface area contributed by atoms with E-state index in [9.17, 15) is 14.3 Å². The van der Waals surface area contributed by atoms with Gasteiger partial charge in [0.15, 0.2) is 0 Å². The van der Waals surface area contributed by atoms with E-state index in [1.54, 1.807) is 43.3 Å². The summed E-state index contributed by atoms with van der Waals surface area (Å²) in [5.74, 6) is -0.0380. The van der Waals surface area contributed by atoms with E-state index < -0.39 is 17.9 Å². The minimum absolute atomic E-state index is 0.118. The molecule has 6 rings (SSSR count). The molecule has 0 spiro atoms. The Kier molecular flexibility index (Phi) is 7.75. The molecule has 212 valence electrons. The number of hydrogen-bond donors (Lipinski definition) is 1. The maximum absolute atomic E-state index is 14.4. The SMILES string of the molecule is CC(Oc1cccc(C2=CCN(Cc3nc4ccc(C(=O)O)cc4n3C[C@@H]3CCO3)CC2)n1)c1ccc(Cl)cc1F. The van der Waals surface area contributed by atoms with Crippen LogP contribution in [-0.2, 0) is 17.8 Å². The predicted octanol–water partition coefficient (Wildman–Crippen LogP) is 6.14. The topological polar surface area (TPSA) is 89.7 Å². The highest BCUT2D eigenvalue weighted by Gasteiger charge is 2.24. The maximum atomic E-state index is 14.4. The van der Waals surface area contributed by atoms with Gasteiger partial charge in [-0.05, 0) is 61.7 Å². The number of carboxylic acids is 1. The molecule has 0 aliphatic carbocycles. The predicted molar refractivity (Wildman–Crippen MR) is 154 cm³/mol. The van der Waals surface area contributed by atoms with Crippen molar-refractivity contribution in [1.29, 1.82) is 0 Å². The number of benzene rings is 2. The Morgan fingerprint density at radius 3 is 2.78 bits per heavy atom. The zero-order valence-corrected chi connectivity index (χ0v) is 23.4. The molecule has 1 saturated heterocycles. The van der Waals surface area contributed by atoms with Gasteiger partial charge in [-0.25, -0.2) is 19.2 Å². The lowest BCUT2D eigenvalue weighted by Crippen LogP contribution is -2.33. The molecule has 0 radical (unpaired) electrons. The fraction of sp³-hybridized carbons (Fsp3) is 0.323.